The number of fused-ring (bicyclic) bond motifs is 1. The molecular weight excluding hydrogens is 609 g/mol. The van der Waals surface area contributed by atoms with E-state index in [4.69, 9.17) is 19.4 Å². The zero-order valence-electron chi connectivity index (χ0n) is 28.6. The van der Waals surface area contributed by atoms with Crippen molar-refractivity contribution in [1.29, 1.82) is 0 Å². The van der Waals surface area contributed by atoms with E-state index in [1.165, 1.54) is 40.8 Å². The third-order valence-electron chi connectivity index (χ3n) is 8.88. The number of thiophene rings is 1. The lowest BCUT2D eigenvalue weighted by Crippen LogP contribution is -2.48. The molecule has 0 aliphatic carbocycles. The van der Waals surface area contributed by atoms with E-state index in [9.17, 15) is 4.79 Å². The van der Waals surface area contributed by atoms with Gasteiger partial charge in [-0.15, -0.1) is 11.3 Å². The van der Waals surface area contributed by atoms with Gasteiger partial charge < -0.3 is 25.0 Å². The maximum absolute atomic E-state index is 11.5. The monoisotopic (exact) mass is 658 g/mol. The molecule has 252 valence electrons. The SMILES string of the molecule is CNCc1ccccc1-c1csc([C@@H](C)Nc2nc(C)nc3cc(OCCCCCCCN4CCN(C(C)=O)CC4)c(OC)cc23)c1. The van der Waals surface area contributed by atoms with Crippen LogP contribution in [0.4, 0.5) is 5.82 Å². The van der Waals surface area contributed by atoms with E-state index in [2.05, 4.69) is 58.2 Å². The van der Waals surface area contributed by atoms with Crippen LogP contribution in [0, 0.1) is 6.92 Å². The molecule has 1 fully saturated rings. The van der Waals surface area contributed by atoms with E-state index in [0.717, 1.165) is 68.8 Å². The van der Waals surface area contributed by atoms with E-state index in [1.54, 1.807) is 25.4 Å². The topological polar surface area (TPSA) is 91.9 Å². The first kappa shape index (κ1) is 34.6. The first-order valence-corrected chi connectivity index (χ1v) is 17.8. The Hall–Kier alpha value is -3.73. The number of nitrogens with zero attached hydrogens (tertiary/aromatic N) is 4. The summed E-state index contributed by atoms with van der Waals surface area (Å²) in [6.45, 7) is 12.0. The van der Waals surface area contributed by atoms with Crippen molar-refractivity contribution in [3.8, 4) is 22.6 Å². The summed E-state index contributed by atoms with van der Waals surface area (Å²) in [6, 6.07) is 14.9. The van der Waals surface area contributed by atoms with Crippen molar-refractivity contribution < 1.29 is 14.3 Å². The zero-order chi connectivity index (χ0) is 33.2. The van der Waals surface area contributed by atoms with Crippen LogP contribution in [0.3, 0.4) is 0 Å². The summed E-state index contributed by atoms with van der Waals surface area (Å²) >= 11 is 1.76. The van der Waals surface area contributed by atoms with Gasteiger partial charge in [0.05, 0.1) is 25.3 Å². The summed E-state index contributed by atoms with van der Waals surface area (Å²) in [5.41, 5.74) is 4.61. The molecule has 1 amide bonds. The van der Waals surface area contributed by atoms with E-state index < -0.39 is 0 Å². The fourth-order valence-corrected chi connectivity index (χ4v) is 7.13. The second-order valence-electron chi connectivity index (χ2n) is 12.4. The lowest BCUT2D eigenvalue weighted by Gasteiger charge is -2.34. The molecule has 0 saturated carbocycles. The summed E-state index contributed by atoms with van der Waals surface area (Å²) in [4.78, 5) is 26.7. The highest BCUT2D eigenvalue weighted by Crippen LogP contribution is 2.37. The fourth-order valence-electron chi connectivity index (χ4n) is 6.22. The second kappa shape index (κ2) is 16.9. The van der Waals surface area contributed by atoms with Gasteiger partial charge in [0.25, 0.3) is 0 Å². The van der Waals surface area contributed by atoms with Gasteiger partial charge >= 0.3 is 0 Å². The van der Waals surface area contributed by atoms with E-state index in [1.807, 2.05) is 31.0 Å². The van der Waals surface area contributed by atoms with Crippen molar-refractivity contribution in [2.45, 2.75) is 65.5 Å². The number of carbonyl (C=O) groups is 1. The number of aryl methyl sites for hydroxylation is 1. The van der Waals surface area contributed by atoms with Crippen LogP contribution in [-0.2, 0) is 11.3 Å². The predicted molar refractivity (Wildman–Crippen MR) is 193 cm³/mol. The molecule has 0 unspecified atom stereocenters. The molecule has 1 aliphatic heterocycles. The van der Waals surface area contributed by atoms with Crippen molar-refractivity contribution >= 4 is 34.0 Å². The van der Waals surface area contributed by atoms with Crippen molar-refractivity contribution in [3.63, 3.8) is 0 Å². The number of methoxy groups -OCH3 is 1. The van der Waals surface area contributed by atoms with Gasteiger partial charge in [0.1, 0.15) is 11.6 Å². The van der Waals surface area contributed by atoms with Gasteiger partial charge in [-0.2, -0.15) is 0 Å². The van der Waals surface area contributed by atoms with Crippen LogP contribution in [0.1, 0.15) is 68.3 Å². The molecule has 4 aromatic rings. The van der Waals surface area contributed by atoms with E-state index in [-0.39, 0.29) is 11.9 Å². The van der Waals surface area contributed by atoms with Gasteiger partial charge in [-0.1, -0.05) is 43.5 Å². The van der Waals surface area contributed by atoms with E-state index >= 15 is 0 Å². The highest BCUT2D eigenvalue weighted by atomic mass is 32.1. The number of carbonyl (C=O) groups excluding carboxylic acids is 1. The molecule has 0 spiro atoms. The average molecular weight is 659 g/mol. The Morgan fingerprint density at radius 2 is 1.77 bits per heavy atom. The van der Waals surface area contributed by atoms with Gasteiger partial charge in [0.2, 0.25) is 5.91 Å². The molecule has 1 saturated heterocycles. The van der Waals surface area contributed by atoms with Crippen molar-refractivity contribution in [2.75, 3.05) is 58.8 Å². The molecule has 2 aromatic heterocycles. The van der Waals surface area contributed by atoms with Crippen molar-refractivity contribution in [3.05, 3.63) is 64.1 Å². The molecular formula is C37H50N6O3S. The lowest BCUT2D eigenvalue weighted by molar-refractivity contribution is -0.130. The Labute approximate surface area is 283 Å². The van der Waals surface area contributed by atoms with Crippen LogP contribution in [-0.4, -0.2) is 79.2 Å². The van der Waals surface area contributed by atoms with Crippen LogP contribution < -0.4 is 20.1 Å². The Morgan fingerprint density at radius 3 is 2.53 bits per heavy atom. The number of nitrogens with one attached hydrogen (secondary N) is 2. The molecule has 5 rings (SSSR count). The molecule has 10 heteroatoms. The average Bonchev–Trinajstić information content (AvgIpc) is 3.57. The van der Waals surface area contributed by atoms with Crippen molar-refractivity contribution in [2.24, 2.45) is 0 Å². The number of hydrogen-bond donors (Lipinski definition) is 2. The minimum absolute atomic E-state index is 0.0570. The molecule has 0 radical (unpaired) electrons. The third kappa shape index (κ3) is 9.21. The first-order valence-electron chi connectivity index (χ1n) is 16.9. The van der Waals surface area contributed by atoms with Crippen LogP contribution in [0.5, 0.6) is 11.5 Å². The molecule has 1 aliphatic rings. The van der Waals surface area contributed by atoms with Crippen LogP contribution >= 0.6 is 11.3 Å². The number of benzene rings is 2. The highest BCUT2D eigenvalue weighted by molar-refractivity contribution is 7.10. The zero-order valence-corrected chi connectivity index (χ0v) is 29.4. The summed E-state index contributed by atoms with van der Waals surface area (Å²) in [5.74, 6) is 3.08. The molecule has 2 aromatic carbocycles. The molecule has 1 atom stereocenters. The quantitative estimate of drug-likeness (QED) is 0.124. The largest absolute Gasteiger partial charge is 0.493 e. The maximum atomic E-state index is 11.5. The Kier molecular flexibility index (Phi) is 12.4. The molecule has 47 heavy (non-hydrogen) atoms. The predicted octanol–water partition coefficient (Wildman–Crippen LogP) is 7.06. The molecule has 0 bridgehead atoms. The Bertz CT molecular complexity index is 1620. The van der Waals surface area contributed by atoms with Gasteiger partial charge in [-0.3, -0.25) is 9.69 Å². The van der Waals surface area contributed by atoms with Gasteiger partial charge in [-0.05, 0) is 74.5 Å². The molecule has 3 heterocycles. The van der Waals surface area contributed by atoms with Crippen molar-refractivity contribution in [1.82, 2.24) is 25.1 Å². The second-order valence-corrected chi connectivity index (χ2v) is 13.3. The summed E-state index contributed by atoms with van der Waals surface area (Å²) in [6.07, 6.45) is 5.73. The standard InChI is InChI=1S/C37H50N6O3S/c1-26(36-21-30(25-47-36)31-14-10-9-13-29(31)24-38-4)39-37-32-22-34(45-5)35(23-33(32)40-27(2)41-37)46-20-12-8-6-7-11-15-42-16-18-43(19-17-42)28(3)44/h9-10,13-14,21-23,25-26,38H,6-8,11-12,15-20,24H2,1-5H3,(H,39,40,41)/t26-/m1/s1. The normalized spacial score (nSPS) is 14.4. The van der Waals surface area contributed by atoms with Gasteiger partial charge in [0, 0.05) is 56.0 Å². The fraction of sp³-hybridized carbons (Fsp3) is 0.486. The highest BCUT2D eigenvalue weighted by Gasteiger charge is 2.19. The lowest BCUT2D eigenvalue weighted by atomic mass is 10.0. The van der Waals surface area contributed by atoms with Crippen LogP contribution in [0.15, 0.2) is 47.8 Å². The number of piperazine rings is 1. The minimum Gasteiger partial charge on any atom is -0.493 e. The minimum atomic E-state index is 0.0570. The maximum Gasteiger partial charge on any atom is 0.219 e. The molecule has 9 nitrogen and oxygen atoms in total. The number of hydrogen-bond acceptors (Lipinski definition) is 9. The van der Waals surface area contributed by atoms with Crippen LogP contribution in [0.2, 0.25) is 0 Å². The smallest absolute Gasteiger partial charge is 0.219 e. The summed E-state index contributed by atoms with van der Waals surface area (Å²) < 4.78 is 12.0. The number of amides is 1. The van der Waals surface area contributed by atoms with Gasteiger partial charge in [0.15, 0.2) is 11.5 Å². The summed E-state index contributed by atoms with van der Waals surface area (Å²) in [5, 5.41) is 10.1. The molecule has 2 N–H and O–H groups in total. The number of aromatic nitrogens is 2. The van der Waals surface area contributed by atoms with E-state index in [0.29, 0.717) is 23.9 Å². The first-order chi connectivity index (χ1) is 22.9. The van der Waals surface area contributed by atoms with Gasteiger partial charge in [-0.25, -0.2) is 9.97 Å². The third-order valence-corrected chi connectivity index (χ3v) is 10.00. The Morgan fingerprint density at radius 1 is 1.00 bits per heavy atom. The summed E-state index contributed by atoms with van der Waals surface area (Å²) in [7, 11) is 3.66. The number of unbranched alkanes of at least 4 members (excludes halogenated alkanes) is 4. The number of rotatable bonds is 16. The number of ether oxygens (including phenoxy) is 2. The number of anilines is 1. The Balaban J connectivity index is 1.14. The van der Waals surface area contributed by atoms with Crippen LogP contribution in [0.25, 0.3) is 22.0 Å².